The van der Waals surface area contributed by atoms with Gasteiger partial charge in [0.2, 0.25) is 0 Å². The lowest BCUT2D eigenvalue weighted by Gasteiger charge is -2.27. The first-order valence-corrected chi connectivity index (χ1v) is 11.1. The SMILES string of the molecule is CCC(C)CCCC(CCCC(C)CCCC(C)C)CC(C)(C)C. The molecule has 0 aromatic rings. The van der Waals surface area contributed by atoms with Crippen LogP contribution in [0.1, 0.15) is 126 Å². The monoisotopic (exact) mass is 338 g/mol. The van der Waals surface area contributed by atoms with Crippen molar-refractivity contribution in [3.05, 3.63) is 0 Å². The van der Waals surface area contributed by atoms with Crippen LogP contribution in [-0.2, 0) is 0 Å². The smallest absolute Gasteiger partial charge is 0.0380 e. The standard InChI is InChI=1S/C24H50/c1-9-21(4)14-11-17-23(19-24(6,7)8)18-12-16-22(5)15-10-13-20(2)3/h20-23H,9-19H2,1-8H3. The van der Waals surface area contributed by atoms with Gasteiger partial charge in [-0.1, -0.05) is 120 Å². The van der Waals surface area contributed by atoms with E-state index in [0.29, 0.717) is 5.41 Å². The van der Waals surface area contributed by atoms with E-state index < -0.39 is 0 Å². The molecule has 0 N–H and O–H groups in total. The molecule has 0 bridgehead atoms. The Morgan fingerprint density at radius 3 is 1.50 bits per heavy atom. The second-order valence-corrected chi connectivity index (χ2v) is 10.4. The minimum Gasteiger partial charge on any atom is -0.0651 e. The van der Waals surface area contributed by atoms with E-state index in [1.54, 1.807) is 0 Å². The van der Waals surface area contributed by atoms with E-state index >= 15 is 0 Å². The Morgan fingerprint density at radius 1 is 0.625 bits per heavy atom. The van der Waals surface area contributed by atoms with Gasteiger partial charge in [0.05, 0.1) is 0 Å². The van der Waals surface area contributed by atoms with Gasteiger partial charge in [-0.3, -0.25) is 0 Å². The van der Waals surface area contributed by atoms with Gasteiger partial charge in [0.1, 0.15) is 0 Å². The molecule has 24 heavy (non-hydrogen) atoms. The Balaban J connectivity index is 4.06. The molecule has 0 spiro atoms. The van der Waals surface area contributed by atoms with Crippen LogP contribution in [0, 0.1) is 29.1 Å². The van der Waals surface area contributed by atoms with Crippen LogP contribution < -0.4 is 0 Å². The molecule has 0 nitrogen and oxygen atoms in total. The summed E-state index contributed by atoms with van der Waals surface area (Å²) in [6.07, 6.45) is 15.7. The third-order valence-electron chi connectivity index (χ3n) is 5.69. The third kappa shape index (κ3) is 15.5. The summed E-state index contributed by atoms with van der Waals surface area (Å²) < 4.78 is 0. The molecule has 0 aliphatic rings. The average Bonchev–Trinajstić information content (AvgIpc) is 2.44. The molecule has 0 aromatic heterocycles. The number of rotatable bonds is 14. The van der Waals surface area contributed by atoms with Crippen molar-refractivity contribution in [1.29, 1.82) is 0 Å². The molecule has 0 fully saturated rings. The summed E-state index contributed by atoms with van der Waals surface area (Å²) >= 11 is 0. The van der Waals surface area contributed by atoms with Crippen LogP contribution in [0.4, 0.5) is 0 Å². The Bertz CT molecular complexity index is 270. The van der Waals surface area contributed by atoms with Crippen molar-refractivity contribution in [2.75, 3.05) is 0 Å². The zero-order valence-corrected chi connectivity index (χ0v) is 18.6. The summed E-state index contributed by atoms with van der Waals surface area (Å²) in [4.78, 5) is 0. The fourth-order valence-corrected chi connectivity index (χ4v) is 3.95. The Labute approximate surface area is 155 Å². The second-order valence-electron chi connectivity index (χ2n) is 10.4. The van der Waals surface area contributed by atoms with E-state index in [-0.39, 0.29) is 0 Å². The molecular formula is C24H50. The molecule has 0 aliphatic carbocycles. The molecule has 3 unspecified atom stereocenters. The normalized spacial score (nSPS) is 16.4. The van der Waals surface area contributed by atoms with Crippen LogP contribution in [0.5, 0.6) is 0 Å². The van der Waals surface area contributed by atoms with Crippen molar-refractivity contribution >= 4 is 0 Å². The predicted octanol–water partition coefficient (Wildman–Crippen LogP) is 8.89. The lowest BCUT2D eigenvalue weighted by Crippen LogP contribution is -2.14. The first-order valence-electron chi connectivity index (χ1n) is 11.1. The summed E-state index contributed by atoms with van der Waals surface area (Å²) in [7, 11) is 0. The Morgan fingerprint density at radius 2 is 1.08 bits per heavy atom. The van der Waals surface area contributed by atoms with E-state index in [2.05, 4.69) is 55.4 Å². The van der Waals surface area contributed by atoms with E-state index in [9.17, 15) is 0 Å². The number of hydrogen-bond donors (Lipinski definition) is 0. The van der Waals surface area contributed by atoms with Gasteiger partial charge >= 0.3 is 0 Å². The van der Waals surface area contributed by atoms with Gasteiger partial charge in [0, 0.05) is 0 Å². The molecule has 0 aliphatic heterocycles. The van der Waals surface area contributed by atoms with Gasteiger partial charge in [-0.05, 0) is 35.5 Å². The summed E-state index contributed by atoms with van der Waals surface area (Å²) in [5.74, 6) is 3.68. The number of hydrogen-bond acceptors (Lipinski definition) is 0. The van der Waals surface area contributed by atoms with Gasteiger partial charge in [-0.25, -0.2) is 0 Å². The van der Waals surface area contributed by atoms with Crippen molar-refractivity contribution in [3.63, 3.8) is 0 Å². The molecular weight excluding hydrogens is 288 g/mol. The zero-order valence-electron chi connectivity index (χ0n) is 18.6. The van der Waals surface area contributed by atoms with Gasteiger partial charge < -0.3 is 0 Å². The van der Waals surface area contributed by atoms with Crippen LogP contribution in [0.3, 0.4) is 0 Å². The van der Waals surface area contributed by atoms with E-state index in [1.165, 1.54) is 70.6 Å². The van der Waals surface area contributed by atoms with Crippen molar-refractivity contribution < 1.29 is 0 Å². The van der Waals surface area contributed by atoms with Crippen molar-refractivity contribution in [2.24, 2.45) is 29.1 Å². The van der Waals surface area contributed by atoms with Gasteiger partial charge in [-0.2, -0.15) is 0 Å². The van der Waals surface area contributed by atoms with E-state index in [1.807, 2.05) is 0 Å². The van der Waals surface area contributed by atoms with Crippen molar-refractivity contribution in [1.82, 2.24) is 0 Å². The molecule has 0 amide bonds. The summed E-state index contributed by atoms with van der Waals surface area (Å²) in [6.45, 7) is 19.2. The highest BCUT2D eigenvalue weighted by Gasteiger charge is 2.19. The molecule has 0 saturated carbocycles. The summed E-state index contributed by atoms with van der Waals surface area (Å²) in [5, 5.41) is 0. The molecule has 0 rings (SSSR count). The minimum atomic E-state index is 0.490. The van der Waals surface area contributed by atoms with Crippen LogP contribution in [0.2, 0.25) is 0 Å². The van der Waals surface area contributed by atoms with Crippen LogP contribution in [-0.4, -0.2) is 0 Å². The Hall–Kier alpha value is 0. The third-order valence-corrected chi connectivity index (χ3v) is 5.69. The first-order chi connectivity index (χ1) is 11.1. The predicted molar refractivity (Wildman–Crippen MR) is 113 cm³/mol. The van der Waals surface area contributed by atoms with Crippen LogP contribution in [0.15, 0.2) is 0 Å². The van der Waals surface area contributed by atoms with Crippen LogP contribution >= 0.6 is 0 Å². The fraction of sp³-hybridized carbons (Fsp3) is 1.00. The highest BCUT2D eigenvalue weighted by molar-refractivity contribution is 4.71. The van der Waals surface area contributed by atoms with Crippen LogP contribution in [0.25, 0.3) is 0 Å². The Kier molecular flexibility index (Phi) is 13.2. The van der Waals surface area contributed by atoms with Crippen molar-refractivity contribution in [2.45, 2.75) is 126 Å². The topological polar surface area (TPSA) is 0 Å². The zero-order chi connectivity index (χ0) is 18.6. The largest absolute Gasteiger partial charge is 0.0651 e. The molecule has 0 heteroatoms. The van der Waals surface area contributed by atoms with Gasteiger partial charge in [0.15, 0.2) is 0 Å². The van der Waals surface area contributed by atoms with E-state index in [0.717, 1.165) is 23.7 Å². The van der Waals surface area contributed by atoms with Gasteiger partial charge in [-0.15, -0.1) is 0 Å². The van der Waals surface area contributed by atoms with Gasteiger partial charge in [0.25, 0.3) is 0 Å². The maximum Gasteiger partial charge on any atom is -0.0380 e. The highest BCUT2D eigenvalue weighted by Crippen LogP contribution is 2.32. The summed E-state index contributed by atoms with van der Waals surface area (Å²) in [6, 6.07) is 0. The molecule has 0 saturated heterocycles. The second kappa shape index (κ2) is 13.2. The summed E-state index contributed by atoms with van der Waals surface area (Å²) in [5.41, 5.74) is 0.490. The highest BCUT2D eigenvalue weighted by atomic mass is 14.2. The maximum atomic E-state index is 2.47. The quantitative estimate of drug-likeness (QED) is 0.296. The fourth-order valence-electron chi connectivity index (χ4n) is 3.95. The molecule has 0 heterocycles. The van der Waals surface area contributed by atoms with E-state index in [4.69, 9.17) is 0 Å². The molecule has 0 aromatic carbocycles. The molecule has 146 valence electrons. The average molecular weight is 339 g/mol. The minimum absolute atomic E-state index is 0.490. The lowest BCUT2D eigenvalue weighted by molar-refractivity contribution is 0.253. The van der Waals surface area contributed by atoms with Crippen molar-refractivity contribution in [3.8, 4) is 0 Å². The lowest BCUT2D eigenvalue weighted by atomic mass is 9.79. The first kappa shape index (κ1) is 24.0. The molecule has 3 atom stereocenters. The maximum absolute atomic E-state index is 2.47. The molecule has 0 radical (unpaired) electrons.